The SMILES string of the molecule is CCCCC(CC)(CC(=O)NCCO)C(=O)O. The average Bonchev–Trinajstić information content (AvgIpc) is 2.31. The van der Waals surface area contributed by atoms with Gasteiger partial charge in [0.15, 0.2) is 0 Å². The quantitative estimate of drug-likeness (QED) is 0.569. The molecule has 3 N–H and O–H groups in total. The van der Waals surface area contributed by atoms with Crippen molar-refractivity contribution >= 4 is 11.9 Å². The van der Waals surface area contributed by atoms with Gasteiger partial charge >= 0.3 is 5.97 Å². The van der Waals surface area contributed by atoms with Crippen LogP contribution in [0.2, 0.25) is 0 Å². The minimum absolute atomic E-state index is 0.0150. The van der Waals surface area contributed by atoms with E-state index in [1.54, 1.807) is 6.92 Å². The van der Waals surface area contributed by atoms with E-state index in [1.165, 1.54) is 0 Å². The van der Waals surface area contributed by atoms with E-state index in [0.717, 1.165) is 12.8 Å². The number of carboxylic acids is 1. The number of aliphatic hydroxyl groups excluding tert-OH is 1. The normalized spacial score (nSPS) is 14.1. The second-order valence-electron chi connectivity index (χ2n) is 4.29. The number of carbonyl (C=O) groups excluding carboxylic acids is 1. The third-order valence-corrected chi connectivity index (χ3v) is 3.07. The lowest BCUT2D eigenvalue weighted by Crippen LogP contribution is -2.38. The summed E-state index contributed by atoms with van der Waals surface area (Å²) in [5.41, 5.74) is -0.963. The Kier molecular flexibility index (Phi) is 7.54. The Morgan fingerprint density at radius 1 is 1.29 bits per heavy atom. The van der Waals surface area contributed by atoms with E-state index in [-0.39, 0.29) is 25.5 Å². The lowest BCUT2D eigenvalue weighted by Gasteiger charge is -2.27. The van der Waals surface area contributed by atoms with E-state index in [2.05, 4.69) is 5.32 Å². The van der Waals surface area contributed by atoms with Crippen LogP contribution < -0.4 is 5.32 Å². The van der Waals surface area contributed by atoms with Gasteiger partial charge in [-0.3, -0.25) is 9.59 Å². The van der Waals surface area contributed by atoms with Crippen LogP contribution in [0.1, 0.15) is 46.0 Å². The topological polar surface area (TPSA) is 86.6 Å². The van der Waals surface area contributed by atoms with Crippen LogP contribution in [0, 0.1) is 5.41 Å². The molecule has 5 heteroatoms. The maximum absolute atomic E-state index is 11.6. The third-order valence-electron chi connectivity index (χ3n) is 3.07. The largest absolute Gasteiger partial charge is 0.481 e. The lowest BCUT2D eigenvalue weighted by atomic mass is 9.77. The fourth-order valence-electron chi connectivity index (χ4n) is 1.80. The summed E-state index contributed by atoms with van der Waals surface area (Å²) in [6, 6.07) is 0. The molecule has 5 nitrogen and oxygen atoms in total. The van der Waals surface area contributed by atoms with E-state index < -0.39 is 11.4 Å². The van der Waals surface area contributed by atoms with Gasteiger partial charge in [-0.15, -0.1) is 0 Å². The first-order valence-corrected chi connectivity index (χ1v) is 6.13. The molecule has 0 spiro atoms. The Bertz CT molecular complexity index is 255. The fraction of sp³-hybridized carbons (Fsp3) is 0.833. The van der Waals surface area contributed by atoms with Crippen molar-refractivity contribution in [2.24, 2.45) is 5.41 Å². The highest BCUT2D eigenvalue weighted by Crippen LogP contribution is 2.33. The van der Waals surface area contributed by atoms with Gasteiger partial charge in [0, 0.05) is 13.0 Å². The first-order valence-electron chi connectivity index (χ1n) is 6.13. The number of rotatable bonds is 9. The summed E-state index contributed by atoms with van der Waals surface area (Å²) < 4.78 is 0. The van der Waals surface area contributed by atoms with E-state index >= 15 is 0 Å². The molecule has 1 atom stereocenters. The molecule has 0 bridgehead atoms. The van der Waals surface area contributed by atoms with Crippen molar-refractivity contribution in [3.05, 3.63) is 0 Å². The molecule has 0 aliphatic rings. The summed E-state index contributed by atoms with van der Waals surface area (Å²) in [7, 11) is 0. The Balaban J connectivity index is 4.56. The first-order chi connectivity index (χ1) is 8.02. The zero-order valence-electron chi connectivity index (χ0n) is 10.7. The number of unbranched alkanes of at least 4 members (excludes halogenated alkanes) is 1. The van der Waals surface area contributed by atoms with Crippen LogP contribution in [0.3, 0.4) is 0 Å². The molecule has 0 fully saturated rings. The van der Waals surface area contributed by atoms with E-state index in [9.17, 15) is 14.7 Å². The minimum Gasteiger partial charge on any atom is -0.481 e. The molecule has 0 aromatic carbocycles. The molecule has 0 aliphatic heterocycles. The van der Waals surface area contributed by atoms with Crippen molar-refractivity contribution in [3.63, 3.8) is 0 Å². The predicted molar refractivity (Wildman–Crippen MR) is 64.6 cm³/mol. The second-order valence-corrected chi connectivity index (χ2v) is 4.29. The molecule has 1 amide bonds. The van der Waals surface area contributed by atoms with Crippen molar-refractivity contribution in [2.75, 3.05) is 13.2 Å². The molecule has 0 aliphatic carbocycles. The molecular formula is C12H23NO4. The van der Waals surface area contributed by atoms with Crippen LogP contribution >= 0.6 is 0 Å². The van der Waals surface area contributed by atoms with Gasteiger partial charge in [0.2, 0.25) is 5.91 Å². The van der Waals surface area contributed by atoms with Crippen molar-refractivity contribution in [3.8, 4) is 0 Å². The Morgan fingerprint density at radius 3 is 2.35 bits per heavy atom. The van der Waals surface area contributed by atoms with Gasteiger partial charge in [-0.2, -0.15) is 0 Å². The zero-order chi connectivity index (χ0) is 13.3. The van der Waals surface area contributed by atoms with Crippen LogP contribution in [0.25, 0.3) is 0 Å². The molecule has 0 saturated carbocycles. The highest BCUT2D eigenvalue weighted by Gasteiger charge is 2.38. The lowest BCUT2D eigenvalue weighted by molar-refractivity contribution is -0.152. The number of nitrogens with one attached hydrogen (secondary N) is 1. The van der Waals surface area contributed by atoms with Gasteiger partial charge < -0.3 is 15.5 Å². The van der Waals surface area contributed by atoms with Crippen LogP contribution in [0.4, 0.5) is 0 Å². The molecule has 0 radical (unpaired) electrons. The van der Waals surface area contributed by atoms with Gasteiger partial charge in [0.05, 0.1) is 12.0 Å². The van der Waals surface area contributed by atoms with Gasteiger partial charge in [0.25, 0.3) is 0 Å². The Labute approximate surface area is 102 Å². The molecular weight excluding hydrogens is 222 g/mol. The number of hydrogen-bond donors (Lipinski definition) is 3. The molecule has 0 aromatic heterocycles. The first kappa shape index (κ1) is 15.9. The standard InChI is InChI=1S/C12H23NO4/c1-3-5-6-12(4-2,11(16)17)9-10(15)13-7-8-14/h14H,3-9H2,1-2H3,(H,13,15)(H,16,17). The van der Waals surface area contributed by atoms with E-state index in [4.69, 9.17) is 5.11 Å². The number of hydrogen-bond acceptors (Lipinski definition) is 3. The summed E-state index contributed by atoms with van der Waals surface area (Å²) in [5, 5.41) is 20.4. The Hall–Kier alpha value is -1.10. The number of carbonyl (C=O) groups is 2. The van der Waals surface area contributed by atoms with Crippen molar-refractivity contribution in [2.45, 2.75) is 46.0 Å². The molecule has 0 heterocycles. The van der Waals surface area contributed by atoms with Crippen LogP contribution in [0.15, 0.2) is 0 Å². The maximum Gasteiger partial charge on any atom is 0.310 e. The van der Waals surface area contributed by atoms with E-state index in [1.807, 2.05) is 6.92 Å². The van der Waals surface area contributed by atoms with Crippen molar-refractivity contribution in [1.29, 1.82) is 0 Å². The summed E-state index contributed by atoms with van der Waals surface area (Å²) in [4.78, 5) is 22.9. The van der Waals surface area contributed by atoms with Crippen LogP contribution in [0.5, 0.6) is 0 Å². The summed E-state index contributed by atoms with van der Waals surface area (Å²) in [5.74, 6) is -1.22. The number of amides is 1. The summed E-state index contributed by atoms with van der Waals surface area (Å²) in [6.45, 7) is 3.83. The molecule has 0 saturated heterocycles. The number of carboxylic acid groups (broad SMARTS) is 1. The van der Waals surface area contributed by atoms with Gasteiger partial charge in [-0.25, -0.2) is 0 Å². The third kappa shape index (κ3) is 5.17. The van der Waals surface area contributed by atoms with Crippen LogP contribution in [-0.2, 0) is 9.59 Å². The van der Waals surface area contributed by atoms with Crippen molar-refractivity contribution in [1.82, 2.24) is 5.32 Å². The van der Waals surface area contributed by atoms with Crippen LogP contribution in [-0.4, -0.2) is 35.2 Å². The highest BCUT2D eigenvalue weighted by molar-refractivity contribution is 5.84. The molecule has 0 rings (SSSR count). The second kappa shape index (κ2) is 8.06. The fourth-order valence-corrected chi connectivity index (χ4v) is 1.80. The molecule has 17 heavy (non-hydrogen) atoms. The molecule has 0 aromatic rings. The van der Waals surface area contributed by atoms with Gasteiger partial charge in [-0.05, 0) is 12.8 Å². The summed E-state index contributed by atoms with van der Waals surface area (Å²) >= 11 is 0. The van der Waals surface area contributed by atoms with Gasteiger partial charge in [0.1, 0.15) is 0 Å². The minimum atomic E-state index is -0.963. The number of aliphatic hydroxyl groups is 1. The highest BCUT2D eigenvalue weighted by atomic mass is 16.4. The van der Waals surface area contributed by atoms with Gasteiger partial charge in [-0.1, -0.05) is 26.7 Å². The zero-order valence-corrected chi connectivity index (χ0v) is 10.7. The summed E-state index contributed by atoms with van der Waals surface area (Å²) in [6.07, 6.45) is 2.65. The molecule has 1 unspecified atom stereocenters. The predicted octanol–water partition coefficient (Wildman–Crippen LogP) is 1.16. The average molecular weight is 245 g/mol. The van der Waals surface area contributed by atoms with E-state index in [0.29, 0.717) is 12.8 Å². The smallest absolute Gasteiger partial charge is 0.310 e. The maximum atomic E-state index is 11.6. The monoisotopic (exact) mass is 245 g/mol. The Morgan fingerprint density at radius 2 is 1.94 bits per heavy atom. The number of aliphatic carboxylic acids is 1. The van der Waals surface area contributed by atoms with Crippen molar-refractivity contribution < 1.29 is 19.8 Å². The molecule has 100 valence electrons.